The van der Waals surface area contributed by atoms with Crippen LogP contribution in [0.1, 0.15) is 18.0 Å². The normalized spacial score (nSPS) is 18.5. The first-order valence-electron chi connectivity index (χ1n) is 6.57. The lowest BCUT2D eigenvalue weighted by Gasteiger charge is -2.35. The Bertz CT molecular complexity index is 378. The number of hydrogen-bond donors (Lipinski definition) is 1. The molecule has 5 heteroatoms. The SMILES string of the molecule is COc1ccc([C@H](CC(F)F)N2CCNCC2)cc1. The average Bonchev–Trinajstić information content (AvgIpc) is 2.46. The van der Waals surface area contributed by atoms with Gasteiger partial charge in [-0.15, -0.1) is 0 Å². The molecule has 0 radical (unpaired) electrons. The van der Waals surface area contributed by atoms with Gasteiger partial charge in [0.1, 0.15) is 5.75 Å². The van der Waals surface area contributed by atoms with Gasteiger partial charge < -0.3 is 10.1 Å². The Kier molecular flexibility index (Phi) is 5.10. The van der Waals surface area contributed by atoms with Crippen LogP contribution in [-0.4, -0.2) is 44.6 Å². The predicted octanol–water partition coefficient (Wildman–Crippen LogP) is 2.30. The van der Waals surface area contributed by atoms with Gasteiger partial charge in [0.15, 0.2) is 0 Å². The average molecular weight is 270 g/mol. The van der Waals surface area contributed by atoms with Crippen molar-refractivity contribution in [1.29, 1.82) is 0 Å². The summed E-state index contributed by atoms with van der Waals surface area (Å²) in [6, 6.07) is 7.21. The molecule has 0 spiro atoms. The van der Waals surface area contributed by atoms with Crippen molar-refractivity contribution in [2.75, 3.05) is 33.3 Å². The second-order valence-corrected chi connectivity index (χ2v) is 4.70. The van der Waals surface area contributed by atoms with Crippen molar-refractivity contribution in [3.05, 3.63) is 29.8 Å². The Morgan fingerprint density at radius 3 is 2.37 bits per heavy atom. The third kappa shape index (κ3) is 3.88. The second kappa shape index (κ2) is 6.82. The molecule has 1 aliphatic rings. The number of nitrogens with zero attached hydrogens (tertiary/aromatic N) is 1. The molecule has 0 amide bonds. The first kappa shape index (κ1) is 14.2. The van der Waals surface area contributed by atoms with E-state index >= 15 is 0 Å². The molecule has 1 aromatic carbocycles. The van der Waals surface area contributed by atoms with Crippen molar-refractivity contribution in [2.45, 2.75) is 18.9 Å². The molecule has 0 aromatic heterocycles. The Morgan fingerprint density at radius 2 is 1.84 bits per heavy atom. The van der Waals surface area contributed by atoms with Gasteiger partial charge >= 0.3 is 0 Å². The van der Waals surface area contributed by atoms with Crippen molar-refractivity contribution < 1.29 is 13.5 Å². The van der Waals surface area contributed by atoms with Crippen LogP contribution in [0.25, 0.3) is 0 Å². The van der Waals surface area contributed by atoms with Gasteiger partial charge in [0, 0.05) is 38.6 Å². The van der Waals surface area contributed by atoms with Gasteiger partial charge in [-0.3, -0.25) is 4.90 Å². The summed E-state index contributed by atoms with van der Waals surface area (Å²) in [5, 5.41) is 3.24. The van der Waals surface area contributed by atoms with Crippen LogP contribution in [0.4, 0.5) is 8.78 Å². The summed E-state index contributed by atoms with van der Waals surface area (Å²) in [5.74, 6) is 0.750. The lowest BCUT2D eigenvalue weighted by Crippen LogP contribution is -2.45. The monoisotopic (exact) mass is 270 g/mol. The first-order chi connectivity index (χ1) is 9.20. The zero-order valence-corrected chi connectivity index (χ0v) is 11.1. The molecule has 1 N–H and O–H groups in total. The number of hydrogen-bond acceptors (Lipinski definition) is 3. The van der Waals surface area contributed by atoms with Crippen molar-refractivity contribution in [1.82, 2.24) is 10.2 Å². The number of rotatable bonds is 5. The van der Waals surface area contributed by atoms with Crippen LogP contribution in [0.3, 0.4) is 0 Å². The third-order valence-corrected chi connectivity index (χ3v) is 3.49. The molecule has 0 saturated carbocycles. The molecule has 1 aromatic rings. The predicted molar refractivity (Wildman–Crippen MR) is 70.8 cm³/mol. The van der Waals surface area contributed by atoms with Crippen LogP contribution in [-0.2, 0) is 0 Å². The quantitative estimate of drug-likeness (QED) is 0.888. The van der Waals surface area contributed by atoms with Gasteiger partial charge in [-0.2, -0.15) is 0 Å². The highest BCUT2D eigenvalue weighted by atomic mass is 19.3. The van der Waals surface area contributed by atoms with Crippen LogP contribution in [0.2, 0.25) is 0 Å². The molecule has 3 nitrogen and oxygen atoms in total. The molecule has 2 rings (SSSR count). The highest BCUT2D eigenvalue weighted by molar-refractivity contribution is 5.29. The van der Waals surface area contributed by atoms with Crippen LogP contribution in [0.15, 0.2) is 24.3 Å². The zero-order valence-electron chi connectivity index (χ0n) is 11.1. The summed E-state index contributed by atoms with van der Waals surface area (Å²) in [6.07, 6.45) is -2.41. The van der Waals surface area contributed by atoms with Gasteiger partial charge in [0.2, 0.25) is 6.43 Å². The minimum atomic E-state index is -2.29. The highest BCUT2D eigenvalue weighted by Crippen LogP contribution is 2.28. The van der Waals surface area contributed by atoms with Crippen molar-refractivity contribution in [3.8, 4) is 5.75 Å². The Morgan fingerprint density at radius 1 is 1.21 bits per heavy atom. The summed E-state index contributed by atoms with van der Waals surface area (Å²) < 4.78 is 30.7. The first-order valence-corrected chi connectivity index (χ1v) is 6.57. The number of halogens is 2. The minimum absolute atomic E-state index is 0.119. The van der Waals surface area contributed by atoms with Gasteiger partial charge in [-0.25, -0.2) is 8.78 Å². The molecule has 19 heavy (non-hydrogen) atoms. The maximum atomic E-state index is 12.8. The number of nitrogens with one attached hydrogen (secondary N) is 1. The molecule has 1 heterocycles. The van der Waals surface area contributed by atoms with E-state index in [0.29, 0.717) is 0 Å². The Labute approximate surface area is 112 Å². The van der Waals surface area contributed by atoms with Gasteiger partial charge in [0.05, 0.1) is 7.11 Å². The maximum absolute atomic E-state index is 12.8. The summed E-state index contributed by atoms with van der Waals surface area (Å²) in [4.78, 5) is 2.13. The molecule has 1 aliphatic heterocycles. The molecule has 0 unspecified atom stereocenters. The lowest BCUT2D eigenvalue weighted by atomic mass is 10.0. The third-order valence-electron chi connectivity index (χ3n) is 3.49. The van der Waals surface area contributed by atoms with E-state index in [4.69, 9.17) is 4.74 Å². The second-order valence-electron chi connectivity index (χ2n) is 4.70. The number of alkyl halides is 2. The summed E-state index contributed by atoms with van der Waals surface area (Å²) >= 11 is 0. The molecular weight excluding hydrogens is 250 g/mol. The molecule has 0 bridgehead atoms. The fourth-order valence-electron chi connectivity index (χ4n) is 2.48. The van der Waals surface area contributed by atoms with E-state index in [2.05, 4.69) is 10.2 Å². The van der Waals surface area contributed by atoms with Crippen LogP contribution in [0.5, 0.6) is 5.75 Å². The van der Waals surface area contributed by atoms with E-state index in [-0.39, 0.29) is 12.5 Å². The lowest BCUT2D eigenvalue weighted by molar-refractivity contribution is 0.0739. The van der Waals surface area contributed by atoms with Crippen LogP contribution in [0, 0.1) is 0 Å². The smallest absolute Gasteiger partial charge is 0.240 e. The van der Waals surface area contributed by atoms with Gasteiger partial charge in [-0.1, -0.05) is 12.1 Å². The number of benzene rings is 1. The molecule has 106 valence electrons. The number of ether oxygens (including phenoxy) is 1. The Hall–Kier alpha value is -1.20. The van der Waals surface area contributed by atoms with E-state index < -0.39 is 6.43 Å². The molecule has 1 atom stereocenters. The largest absolute Gasteiger partial charge is 0.497 e. The Balaban J connectivity index is 2.14. The van der Waals surface area contributed by atoms with Crippen molar-refractivity contribution in [3.63, 3.8) is 0 Å². The fraction of sp³-hybridized carbons (Fsp3) is 0.571. The van der Waals surface area contributed by atoms with E-state index in [0.717, 1.165) is 37.5 Å². The number of methoxy groups -OCH3 is 1. The fourth-order valence-corrected chi connectivity index (χ4v) is 2.48. The van der Waals surface area contributed by atoms with Crippen LogP contribution >= 0.6 is 0 Å². The van der Waals surface area contributed by atoms with Gasteiger partial charge in [-0.05, 0) is 17.7 Å². The summed E-state index contributed by atoms with van der Waals surface area (Å²) in [7, 11) is 1.60. The van der Waals surface area contributed by atoms with Crippen molar-refractivity contribution >= 4 is 0 Å². The van der Waals surface area contributed by atoms with E-state index in [1.54, 1.807) is 7.11 Å². The van der Waals surface area contributed by atoms with E-state index in [1.807, 2.05) is 24.3 Å². The van der Waals surface area contributed by atoms with Crippen molar-refractivity contribution in [2.24, 2.45) is 0 Å². The number of piperazine rings is 1. The van der Waals surface area contributed by atoms with E-state index in [9.17, 15) is 8.78 Å². The van der Waals surface area contributed by atoms with E-state index in [1.165, 1.54) is 0 Å². The van der Waals surface area contributed by atoms with Crippen LogP contribution < -0.4 is 10.1 Å². The minimum Gasteiger partial charge on any atom is -0.497 e. The molecule has 1 saturated heterocycles. The maximum Gasteiger partial charge on any atom is 0.240 e. The van der Waals surface area contributed by atoms with Gasteiger partial charge in [0.25, 0.3) is 0 Å². The highest BCUT2D eigenvalue weighted by Gasteiger charge is 2.25. The molecule has 1 fully saturated rings. The molecular formula is C14H20F2N2O. The zero-order chi connectivity index (χ0) is 13.7. The summed E-state index contributed by atoms with van der Waals surface area (Å²) in [6.45, 7) is 3.33. The summed E-state index contributed by atoms with van der Waals surface area (Å²) in [5.41, 5.74) is 0.933. The standard InChI is InChI=1S/C14H20F2N2O/c1-19-12-4-2-11(3-5-12)13(10-14(15)16)18-8-6-17-7-9-18/h2-5,13-14,17H,6-10H2,1H3/t13-/m0/s1. The topological polar surface area (TPSA) is 24.5 Å². The molecule has 0 aliphatic carbocycles.